The Hall–Kier alpha value is -3.06. The average Bonchev–Trinajstić information content (AvgIpc) is 3.44. The number of carbonyl (C=O) groups excluding carboxylic acids is 2. The van der Waals surface area contributed by atoms with Gasteiger partial charge in [-0.3, -0.25) is 9.59 Å². The van der Waals surface area contributed by atoms with Crippen LogP contribution in [0, 0.1) is 12.3 Å². The number of carbonyl (C=O) groups is 2. The number of benzene rings is 1. The zero-order chi connectivity index (χ0) is 24.2. The number of amides is 1. The topological polar surface area (TPSA) is 71.6 Å². The summed E-state index contributed by atoms with van der Waals surface area (Å²) in [5, 5.41) is 2.03. The van der Waals surface area contributed by atoms with Crippen LogP contribution in [-0.4, -0.2) is 42.3 Å². The van der Waals surface area contributed by atoms with Crippen molar-refractivity contribution in [1.82, 2.24) is 9.88 Å². The minimum absolute atomic E-state index is 0.0728. The molecule has 1 aliphatic carbocycles. The summed E-state index contributed by atoms with van der Waals surface area (Å²) in [6.45, 7) is 6.67. The van der Waals surface area contributed by atoms with Crippen LogP contribution < -0.4 is 9.47 Å². The Morgan fingerprint density at radius 2 is 1.91 bits per heavy atom. The summed E-state index contributed by atoms with van der Waals surface area (Å²) >= 11 is 1.63. The van der Waals surface area contributed by atoms with Crippen LogP contribution in [0.4, 0.5) is 0 Å². The van der Waals surface area contributed by atoms with Crippen molar-refractivity contribution < 1.29 is 19.1 Å². The maximum atomic E-state index is 14.0. The Morgan fingerprint density at radius 3 is 2.59 bits per heavy atom. The predicted molar refractivity (Wildman–Crippen MR) is 132 cm³/mol. The Bertz CT molecular complexity index is 1270. The second-order valence-corrected chi connectivity index (χ2v) is 11.0. The molecule has 6 nitrogen and oxygen atoms in total. The number of H-pyrrole nitrogens is 1. The lowest BCUT2D eigenvalue weighted by molar-refractivity contribution is 0.0690. The normalized spacial score (nSPS) is 18.9. The van der Waals surface area contributed by atoms with E-state index in [1.807, 2.05) is 35.4 Å². The van der Waals surface area contributed by atoms with E-state index >= 15 is 0 Å². The summed E-state index contributed by atoms with van der Waals surface area (Å²) in [6.07, 6.45) is 1.98. The second kappa shape index (κ2) is 8.31. The quantitative estimate of drug-likeness (QED) is 0.549. The molecule has 0 saturated carbocycles. The third-order valence-electron chi connectivity index (χ3n) is 7.06. The molecule has 0 radical (unpaired) electrons. The van der Waals surface area contributed by atoms with Crippen LogP contribution >= 0.6 is 11.3 Å². The number of hydrogen-bond acceptors (Lipinski definition) is 5. The molecule has 1 N–H and O–H groups in total. The standard InChI is InChI=1S/C27H30N2O4S/c1-15-23-18(13-27(2,3)14-19(23)30)28-24(15)26(31)29-9-8-16-11-20(32-4)21(33-5)12-17(16)25(29)22-7-6-10-34-22/h6-7,10-12,25,28H,8-9,13-14H2,1-5H3/t25-/m0/s1. The van der Waals surface area contributed by atoms with E-state index in [9.17, 15) is 9.59 Å². The number of nitrogens with one attached hydrogen (secondary N) is 1. The molecule has 0 bridgehead atoms. The largest absolute Gasteiger partial charge is 0.493 e. The van der Waals surface area contributed by atoms with Crippen molar-refractivity contribution in [3.05, 3.63) is 68.2 Å². The van der Waals surface area contributed by atoms with Crippen molar-refractivity contribution in [3.8, 4) is 11.5 Å². The van der Waals surface area contributed by atoms with Crippen LogP contribution in [0.25, 0.3) is 0 Å². The molecule has 2 aliphatic rings. The first kappa shape index (κ1) is 22.7. The fourth-order valence-electron chi connectivity index (χ4n) is 5.51. The first-order chi connectivity index (χ1) is 16.2. The molecule has 3 heterocycles. The molecule has 0 spiro atoms. The summed E-state index contributed by atoms with van der Waals surface area (Å²) in [7, 11) is 3.26. The minimum Gasteiger partial charge on any atom is -0.493 e. The fraction of sp³-hybridized carbons (Fsp3) is 0.407. The molecule has 1 amide bonds. The number of ether oxygens (including phenoxy) is 2. The smallest absolute Gasteiger partial charge is 0.271 e. The van der Waals surface area contributed by atoms with Crippen molar-refractivity contribution in [1.29, 1.82) is 0 Å². The van der Waals surface area contributed by atoms with Crippen LogP contribution in [0.5, 0.6) is 11.5 Å². The molecule has 7 heteroatoms. The van der Waals surface area contributed by atoms with Crippen molar-refractivity contribution in [2.75, 3.05) is 20.8 Å². The van der Waals surface area contributed by atoms with Gasteiger partial charge in [-0.2, -0.15) is 0 Å². The lowest BCUT2D eigenvalue weighted by atomic mass is 9.75. The van der Waals surface area contributed by atoms with Gasteiger partial charge in [0.1, 0.15) is 5.69 Å². The molecule has 0 saturated heterocycles. The Morgan fingerprint density at radius 1 is 1.18 bits per heavy atom. The Kier molecular flexibility index (Phi) is 5.55. The van der Waals surface area contributed by atoms with E-state index in [1.54, 1.807) is 25.6 Å². The van der Waals surface area contributed by atoms with Crippen LogP contribution in [0.3, 0.4) is 0 Å². The SMILES string of the molecule is COc1cc2c(cc1OC)[C@@H](c1cccs1)N(C(=O)c1[nH]c3c(c1C)C(=O)CC(C)(C)C3)CC2. The molecule has 3 aromatic rings. The van der Waals surface area contributed by atoms with E-state index in [0.717, 1.165) is 33.7 Å². The predicted octanol–water partition coefficient (Wildman–Crippen LogP) is 5.34. The first-order valence-electron chi connectivity index (χ1n) is 11.6. The van der Waals surface area contributed by atoms with Gasteiger partial charge < -0.3 is 19.4 Å². The van der Waals surface area contributed by atoms with Crippen molar-refractivity contribution in [3.63, 3.8) is 0 Å². The van der Waals surface area contributed by atoms with Gasteiger partial charge >= 0.3 is 0 Å². The van der Waals surface area contributed by atoms with Gasteiger partial charge in [0.15, 0.2) is 17.3 Å². The van der Waals surface area contributed by atoms with Gasteiger partial charge in [-0.25, -0.2) is 0 Å². The molecule has 5 rings (SSSR count). The van der Waals surface area contributed by atoms with E-state index < -0.39 is 0 Å². The van der Waals surface area contributed by atoms with E-state index in [4.69, 9.17) is 9.47 Å². The van der Waals surface area contributed by atoms with Gasteiger partial charge in [-0.1, -0.05) is 19.9 Å². The third-order valence-corrected chi connectivity index (χ3v) is 7.99. The second-order valence-electron chi connectivity index (χ2n) is 9.99. The number of Topliss-reactive ketones (excluding diaryl/α,β-unsaturated/α-hetero) is 1. The highest BCUT2D eigenvalue weighted by atomic mass is 32.1. The average molecular weight is 479 g/mol. The molecule has 0 unspecified atom stereocenters. The van der Waals surface area contributed by atoms with Crippen LogP contribution in [0.1, 0.15) is 74.4 Å². The van der Waals surface area contributed by atoms with Crippen molar-refractivity contribution in [2.24, 2.45) is 5.41 Å². The highest BCUT2D eigenvalue weighted by Gasteiger charge is 2.39. The van der Waals surface area contributed by atoms with Gasteiger partial charge in [-0.05, 0) is 65.4 Å². The highest BCUT2D eigenvalue weighted by molar-refractivity contribution is 7.10. The zero-order valence-electron chi connectivity index (χ0n) is 20.3. The monoisotopic (exact) mass is 478 g/mol. The van der Waals surface area contributed by atoms with E-state index in [-0.39, 0.29) is 23.1 Å². The first-order valence-corrected chi connectivity index (χ1v) is 12.5. The van der Waals surface area contributed by atoms with Crippen molar-refractivity contribution in [2.45, 2.75) is 46.1 Å². The molecule has 1 aliphatic heterocycles. The van der Waals surface area contributed by atoms with Gasteiger partial charge in [-0.15, -0.1) is 11.3 Å². The van der Waals surface area contributed by atoms with Crippen LogP contribution in [0.2, 0.25) is 0 Å². The van der Waals surface area contributed by atoms with Gasteiger partial charge in [0.05, 0.1) is 20.3 Å². The molecule has 178 valence electrons. The number of thiophene rings is 1. The number of ketones is 1. The lowest BCUT2D eigenvalue weighted by Gasteiger charge is -2.37. The van der Waals surface area contributed by atoms with Gasteiger partial charge in [0.25, 0.3) is 5.91 Å². The zero-order valence-corrected chi connectivity index (χ0v) is 21.1. The van der Waals surface area contributed by atoms with E-state index in [0.29, 0.717) is 42.1 Å². The van der Waals surface area contributed by atoms with Gasteiger partial charge in [0, 0.05) is 29.1 Å². The van der Waals surface area contributed by atoms with Crippen LogP contribution in [0.15, 0.2) is 29.6 Å². The van der Waals surface area contributed by atoms with E-state index in [2.05, 4.69) is 24.9 Å². The third kappa shape index (κ3) is 3.63. The maximum Gasteiger partial charge on any atom is 0.271 e. The summed E-state index contributed by atoms with van der Waals surface area (Å²) in [4.78, 5) is 33.3. The molecular formula is C27H30N2O4S. The highest BCUT2D eigenvalue weighted by Crippen LogP contribution is 2.43. The summed E-state index contributed by atoms with van der Waals surface area (Å²) in [5.74, 6) is 1.39. The molecular weight excluding hydrogens is 448 g/mol. The number of methoxy groups -OCH3 is 2. The molecule has 1 atom stereocenters. The number of rotatable bonds is 4. The lowest BCUT2D eigenvalue weighted by Crippen LogP contribution is -2.40. The van der Waals surface area contributed by atoms with Crippen molar-refractivity contribution >= 4 is 23.0 Å². The maximum absolute atomic E-state index is 14.0. The number of aromatic nitrogens is 1. The van der Waals surface area contributed by atoms with Gasteiger partial charge in [0.2, 0.25) is 0 Å². The molecule has 1 aromatic carbocycles. The van der Waals surface area contributed by atoms with E-state index in [1.165, 1.54) is 0 Å². The van der Waals surface area contributed by atoms with Crippen LogP contribution in [-0.2, 0) is 12.8 Å². The Balaban J connectivity index is 1.60. The summed E-state index contributed by atoms with van der Waals surface area (Å²) in [5.41, 5.74) is 4.98. The number of nitrogens with zero attached hydrogens (tertiary/aromatic N) is 1. The number of fused-ring (bicyclic) bond motifs is 2. The minimum atomic E-state index is -0.233. The number of hydrogen-bond donors (Lipinski definition) is 1. The summed E-state index contributed by atoms with van der Waals surface area (Å²) in [6, 6.07) is 7.87. The number of aromatic amines is 1. The fourth-order valence-corrected chi connectivity index (χ4v) is 6.36. The molecule has 34 heavy (non-hydrogen) atoms. The Labute approximate surface area is 203 Å². The molecule has 2 aromatic heterocycles. The summed E-state index contributed by atoms with van der Waals surface area (Å²) < 4.78 is 11.1. The molecule has 0 fully saturated rings.